The molecule has 0 aliphatic rings. The van der Waals surface area contributed by atoms with Crippen LogP contribution < -0.4 is 25.4 Å². The molecule has 4 aromatic rings. The number of ether oxygens (including phenoxy) is 2. The maximum atomic E-state index is 5.99. The van der Waals surface area contributed by atoms with Crippen molar-refractivity contribution in [3.05, 3.63) is 101 Å². The second-order valence-electron chi connectivity index (χ2n) is 11.1. The number of rotatable bonds is 8. The minimum Gasteiger partial charge on any atom is -0.496 e. The number of aryl methyl sites for hydroxylation is 4. The summed E-state index contributed by atoms with van der Waals surface area (Å²) in [4.78, 5) is 0. The van der Waals surface area contributed by atoms with Gasteiger partial charge in [-0.2, -0.15) is 0 Å². The van der Waals surface area contributed by atoms with Gasteiger partial charge in [0.15, 0.2) is 0 Å². The molecule has 4 rings (SSSR count). The van der Waals surface area contributed by atoms with Crippen LogP contribution in [0.2, 0.25) is 0 Å². The van der Waals surface area contributed by atoms with Crippen LogP contribution in [0.5, 0.6) is 11.5 Å². The van der Waals surface area contributed by atoms with Crippen molar-refractivity contribution in [1.82, 2.24) is 0 Å². The van der Waals surface area contributed by atoms with E-state index in [2.05, 4.69) is 128 Å². The van der Waals surface area contributed by atoms with Gasteiger partial charge < -0.3 is 9.47 Å². The molecule has 0 fully saturated rings. The van der Waals surface area contributed by atoms with Crippen molar-refractivity contribution in [2.75, 3.05) is 14.2 Å². The van der Waals surface area contributed by atoms with E-state index in [1.165, 1.54) is 50.2 Å². The normalized spacial score (nSPS) is 11.7. The topological polar surface area (TPSA) is 18.5 Å². The van der Waals surface area contributed by atoms with Gasteiger partial charge in [-0.3, -0.25) is 0 Å². The van der Waals surface area contributed by atoms with Gasteiger partial charge in [-0.15, -0.1) is 0 Å². The fourth-order valence-electron chi connectivity index (χ4n) is 5.07. The summed E-state index contributed by atoms with van der Waals surface area (Å²) in [6, 6.07) is 26.6. The molecule has 2 atom stereocenters. The van der Waals surface area contributed by atoms with Crippen LogP contribution in [0.15, 0.2) is 72.8 Å². The molecule has 40 heavy (non-hydrogen) atoms. The summed E-state index contributed by atoms with van der Waals surface area (Å²) in [6.45, 7) is 17.7. The number of benzene rings is 4. The first-order valence-electron chi connectivity index (χ1n) is 14.1. The smallest absolute Gasteiger partial charge is 0.127 e. The van der Waals surface area contributed by atoms with Gasteiger partial charge in [-0.05, 0) is 61.3 Å². The van der Waals surface area contributed by atoms with E-state index in [0.29, 0.717) is 17.2 Å². The van der Waals surface area contributed by atoms with Crippen LogP contribution >= 0.6 is 17.2 Å². The first-order valence-corrected chi connectivity index (χ1v) is 16.1. The van der Waals surface area contributed by atoms with E-state index in [-0.39, 0.29) is 5.16 Å². The van der Waals surface area contributed by atoms with Gasteiger partial charge in [-0.1, -0.05) is 134 Å². The highest BCUT2D eigenvalue weighted by Gasteiger charge is 2.27. The van der Waals surface area contributed by atoms with Gasteiger partial charge in [0.2, 0.25) is 0 Å². The lowest BCUT2D eigenvalue weighted by Crippen LogP contribution is -2.19. The molecule has 2 nitrogen and oxygen atoms in total. The Balaban J connectivity index is 0.00000141. The second kappa shape index (κ2) is 14.3. The zero-order valence-corrected chi connectivity index (χ0v) is 28.0. The van der Waals surface area contributed by atoms with Gasteiger partial charge in [-0.25, -0.2) is 0 Å². The molecule has 0 saturated carbocycles. The lowest BCUT2D eigenvalue weighted by molar-refractivity contribution is 0.411. The fraction of sp³-hybridized carbons (Fsp3) is 0.333. The Morgan fingerprint density at radius 3 is 1.52 bits per heavy atom. The Hall–Kier alpha value is -2.66. The minimum absolute atomic E-state index is 0.0317. The largest absolute Gasteiger partial charge is 0.496 e. The van der Waals surface area contributed by atoms with Crippen molar-refractivity contribution < 1.29 is 9.47 Å². The van der Waals surface area contributed by atoms with Crippen LogP contribution in [0, 0.1) is 27.7 Å². The van der Waals surface area contributed by atoms with Crippen LogP contribution in [0.3, 0.4) is 0 Å². The lowest BCUT2D eigenvalue weighted by atomic mass is 9.98. The Labute approximate surface area is 246 Å². The first-order chi connectivity index (χ1) is 19.0. The second-order valence-corrected chi connectivity index (χ2v) is 14.5. The monoisotopic (exact) mass is 572 g/mol. The molecule has 0 heterocycles. The highest BCUT2D eigenvalue weighted by molar-refractivity contribution is 7.56. The van der Waals surface area contributed by atoms with Gasteiger partial charge in [0.25, 0.3) is 0 Å². The molecule has 4 heteroatoms. The van der Waals surface area contributed by atoms with Crippen molar-refractivity contribution in [2.24, 2.45) is 0 Å². The Morgan fingerprint density at radius 1 is 0.625 bits per heavy atom. The number of methoxy groups -OCH3 is 2. The molecule has 0 aromatic heterocycles. The number of hydrogen-bond acceptors (Lipinski definition) is 2. The van der Waals surface area contributed by atoms with Crippen molar-refractivity contribution in [1.29, 1.82) is 0 Å². The standard InChI is InChI=1S/C33H38O2P2.C3H8/c1-21-15-22(2)18-25(17-21)33(5,6)37-30-14-10-12-28(35-8)32(30)31-27(34-7)11-9-13-29(31)36-26-19-23(3)16-24(4)20-26;1-3-2/h9-20,36-37H,1-8H3;3H2,1-2H3. The van der Waals surface area contributed by atoms with Crippen molar-refractivity contribution in [2.45, 2.75) is 67.0 Å². The molecule has 0 aliphatic heterocycles. The lowest BCUT2D eigenvalue weighted by Gasteiger charge is -2.29. The molecule has 0 N–H and O–H groups in total. The Bertz CT molecular complexity index is 1400. The fourth-order valence-corrected chi connectivity index (χ4v) is 8.05. The summed E-state index contributed by atoms with van der Waals surface area (Å²) in [5, 5.41) is 3.86. The summed E-state index contributed by atoms with van der Waals surface area (Å²) >= 11 is 0. The van der Waals surface area contributed by atoms with E-state index in [1.54, 1.807) is 14.2 Å². The Morgan fingerprint density at radius 2 is 1.05 bits per heavy atom. The quantitative estimate of drug-likeness (QED) is 0.196. The minimum atomic E-state index is -0.0317. The predicted octanol–water partition coefficient (Wildman–Crippen LogP) is 8.89. The molecule has 212 valence electrons. The molecule has 2 unspecified atom stereocenters. The van der Waals surface area contributed by atoms with Gasteiger partial charge in [0.05, 0.1) is 14.2 Å². The van der Waals surface area contributed by atoms with Crippen LogP contribution in [0.1, 0.15) is 61.9 Å². The third-order valence-electron chi connectivity index (χ3n) is 6.63. The van der Waals surface area contributed by atoms with Gasteiger partial charge in [0, 0.05) is 16.3 Å². The van der Waals surface area contributed by atoms with E-state index < -0.39 is 0 Å². The summed E-state index contributed by atoms with van der Waals surface area (Å²) < 4.78 is 12.0. The maximum Gasteiger partial charge on any atom is 0.127 e. The molecule has 0 bridgehead atoms. The van der Waals surface area contributed by atoms with E-state index in [9.17, 15) is 0 Å². The Kier molecular flexibility index (Phi) is 11.4. The highest BCUT2D eigenvalue weighted by Crippen LogP contribution is 2.46. The summed E-state index contributed by atoms with van der Waals surface area (Å²) in [5.41, 5.74) is 8.85. The number of hydrogen-bond donors (Lipinski definition) is 0. The molecular weight excluding hydrogens is 526 g/mol. The average Bonchev–Trinajstić information content (AvgIpc) is 2.88. The average molecular weight is 573 g/mol. The van der Waals surface area contributed by atoms with E-state index >= 15 is 0 Å². The third-order valence-corrected chi connectivity index (χ3v) is 9.50. The zero-order chi connectivity index (χ0) is 29.4. The summed E-state index contributed by atoms with van der Waals surface area (Å²) in [6.07, 6.45) is 1.25. The SMILES string of the molecule is CCC.COc1cccc(Pc2cc(C)cc(C)c2)c1-c1c(OC)cccc1PC(C)(C)c1cc(C)cc(C)c1. The molecular formula is C36H46O2P2. The van der Waals surface area contributed by atoms with Crippen molar-refractivity contribution >= 4 is 33.1 Å². The molecule has 0 radical (unpaired) electrons. The van der Waals surface area contributed by atoms with E-state index in [0.717, 1.165) is 22.6 Å². The third kappa shape index (κ3) is 7.96. The summed E-state index contributed by atoms with van der Waals surface area (Å²) in [7, 11) is 4.59. The molecule has 0 aliphatic carbocycles. The van der Waals surface area contributed by atoms with Crippen molar-refractivity contribution in [3.8, 4) is 22.6 Å². The van der Waals surface area contributed by atoms with Crippen LogP contribution in [-0.4, -0.2) is 14.2 Å². The molecule has 4 aromatic carbocycles. The van der Waals surface area contributed by atoms with Gasteiger partial charge in [0.1, 0.15) is 11.5 Å². The van der Waals surface area contributed by atoms with E-state index in [4.69, 9.17) is 9.47 Å². The maximum absolute atomic E-state index is 5.99. The highest BCUT2D eigenvalue weighted by atomic mass is 31.1. The zero-order valence-electron chi connectivity index (χ0n) is 26.0. The predicted molar refractivity (Wildman–Crippen MR) is 181 cm³/mol. The molecule has 0 saturated heterocycles. The van der Waals surface area contributed by atoms with E-state index in [1.807, 2.05) is 0 Å². The molecule has 0 amide bonds. The van der Waals surface area contributed by atoms with Gasteiger partial charge >= 0.3 is 0 Å². The molecule has 0 spiro atoms. The van der Waals surface area contributed by atoms with Crippen LogP contribution in [0.25, 0.3) is 11.1 Å². The summed E-state index contributed by atoms with van der Waals surface area (Å²) in [5.74, 6) is 1.77. The van der Waals surface area contributed by atoms with Crippen molar-refractivity contribution in [3.63, 3.8) is 0 Å². The first kappa shape index (κ1) is 31.9. The van der Waals surface area contributed by atoms with Crippen LogP contribution in [-0.2, 0) is 5.16 Å². The van der Waals surface area contributed by atoms with Crippen LogP contribution in [0.4, 0.5) is 0 Å².